The fourth-order valence-electron chi connectivity index (χ4n) is 3.81. The molecular weight excluding hydrogens is 440 g/mol. The molecule has 1 fully saturated rings. The maximum Gasteiger partial charge on any atom is 0.229 e. The van der Waals surface area contributed by atoms with Gasteiger partial charge in [0.05, 0.1) is 35.5 Å². The molecule has 1 aliphatic heterocycles. The van der Waals surface area contributed by atoms with Gasteiger partial charge in [0.1, 0.15) is 16.9 Å². The van der Waals surface area contributed by atoms with E-state index in [1.165, 1.54) is 0 Å². The number of hydrogen-bond acceptors (Lipinski definition) is 9. The van der Waals surface area contributed by atoms with Crippen molar-refractivity contribution in [2.24, 2.45) is 0 Å². The summed E-state index contributed by atoms with van der Waals surface area (Å²) >= 11 is 6.36. The molecule has 0 bridgehead atoms. The highest BCUT2D eigenvalue weighted by molar-refractivity contribution is 6.32. The predicted molar refractivity (Wildman–Crippen MR) is 126 cm³/mol. The van der Waals surface area contributed by atoms with E-state index in [4.69, 9.17) is 16.9 Å². The van der Waals surface area contributed by atoms with E-state index < -0.39 is 0 Å². The SMILES string of the molecule is Cc1cn2ncc(Nc3ncc(Cl)c(NC4CCN(c5ccc(C#N)cn5)CC4)n3)cc2n1. The van der Waals surface area contributed by atoms with Gasteiger partial charge >= 0.3 is 0 Å². The van der Waals surface area contributed by atoms with Crippen LogP contribution in [0.1, 0.15) is 24.1 Å². The highest BCUT2D eigenvalue weighted by Crippen LogP contribution is 2.25. The Morgan fingerprint density at radius 2 is 1.97 bits per heavy atom. The van der Waals surface area contributed by atoms with E-state index in [0.29, 0.717) is 22.4 Å². The Kier molecular flexibility index (Phi) is 5.62. The molecule has 1 saturated heterocycles. The Morgan fingerprint density at radius 3 is 2.73 bits per heavy atom. The third-order valence-electron chi connectivity index (χ3n) is 5.48. The van der Waals surface area contributed by atoms with E-state index in [1.54, 1.807) is 29.2 Å². The van der Waals surface area contributed by atoms with Crippen LogP contribution in [0.25, 0.3) is 5.65 Å². The fraction of sp³-hybridized carbons (Fsp3) is 0.273. The summed E-state index contributed by atoms with van der Waals surface area (Å²) in [6, 6.07) is 7.90. The number of nitrogens with one attached hydrogen (secondary N) is 2. The predicted octanol–water partition coefficient (Wildman–Crippen LogP) is 3.57. The number of nitriles is 1. The van der Waals surface area contributed by atoms with Gasteiger partial charge in [-0.05, 0) is 31.9 Å². The highest BCUT2D eigenvalue weighted by Gasteiger charge is 2.21. The smallest absolute Gasteiger partial charge is 0.229 e. The zero-order valence-electron chi connectivity index (χ0n) is 17.9. The summed E-state index contributed by atoms with van der Waals surface area (Å²) in [5.74, 6) is 1.91. The summed E-state index contributed by atoms with van der Waals surface area (Å²) in [6.07, 6.45) is 8.57. The first-order valence-corrected chi connectivity index (χ1v) is 10.9. The van der Waals surface area contributed by atoms with E-state index in [9.17, 15) is 0 Å². The minimum Gasteiger partial charge on any atom is -0.366 e. The normalized spacial score (nSPS) is 14.3. The van der Waals surface area contributed by atoms with Crippen molar-refractivity contribution in [3.63, 3.8) is 0 Å². The van der Waals surface area contributed by atoms with E-state index in [2.05, 4.69) is 46.6 Å². The van der Waals surface area contributed by atoms with Crippen molar-refractivity contribution in [1.82, 2.24) is 29.5 Å². The molecule has 0 amide bonds. The van der Waals surface area contributed by atoms with Gasteiger partial charge in [-0.3, -0.25) is 0 Å². The Hall–Kier alpha value is -3.97. The molecule has 33 heavy (non-hydrogen) atoms. The van der Waals surface area contributed by atoms with Crippen LogP contribution in [0.15, 0.2) is 43.0 Å². The summed E-state index contributed by atoms with van der Waals surface area (Å²) in [4.78, 5) is 19.9. The van der Waals surface area contributed by atoms with E-state index in [1.807, 2.05) is 25.3 Å². The quantitative estimate of drug-likeness (QED) is 0.460. The van der Waals surface area contributed by atoms with Crippen molar-refractivity contribution in [1.29, 1.82) is 5.26 Å². The van der Waals surface area contributed by atoms with Crippen molar-refractivity contribution >= 4 is 40.5 Å². The lowest BCUT2D eigenvalue weighted by Crippen LogP contribution is -2.39. The highest BCUT2D eigenvalue weighted by atomic mass is 35.5. The van der Waals surface area contributed by atoms with Gasteiger partial charge in [-0.1, -0.05) is 11.6 Å². The number of anilines is 4. The minimum atomic E-state index is 0.228. The number of imidazole rings is 1. The van der Waals surface area contributed by atoms with Crippen LogP contribution >= 0.6 is 11.6 Å². The minimum absolute atomic E-state index is 0.228. The van der Waals surface area contributed by atoms with E-state index in [-0.39, 0.29) is 6.04 Å². The number of rotatable bonds is 5. The maximum absolute atomic E-state index is 8.94. The van der Waals surface area contributed by atoms with E-state index >= 15 is 0 Å². The first-order valence-electron chi connectivity index (χ1n) is 10.6. The summed E-state index contributed by atoms with van der Waals surface area (Å²) in [7, 11) is 0. The molecule has 0 atom stereocenters. The number of aromatic nitrogens is 6. The van der Waals surface area contributed by atoms with Crippen LogP contribution in [0, 0.1) is 18.3 Å². The fourth-order valence-corrected chi connectivity index (χ4v) is 3.95. The van der Waals surface area contributed by atoms with Crippen molar-refractivity contribution in [2.45, 2.75) is 25.8 Å². The van der Waals surface area contributed by atoms with Crippen molar-refractivity contribution in [3.8, 4) is 6.07 Å². The zero-order valence-corrected chi connectivity index (χ0v) is 18.7. The molecule has 0 spiro atoms. The first-order chi connectivity index (χ1) is 16.1. The molecule has 0 saturated carbocycles. The van der Waals surface area contributed by atoms with Gasteiger partial charge < -0.3 is 15.5 Å². The van der Waals surface area contributed by atoms with Crippen LogP contribution in [0.5, 0.6) is 0 Å². The van der Waals surface area contributed by atoms with Gasteiger partial charge in [0.2, 0.25) is 5.95 Å². The molecule has 4 aromatic rings. The number of hydrogen-bond donors (Lipinski definition) is 2. The first kappa shape index (κ1) is 20.9. The lowest BCUT2D eigenvalue weighted by Gasteiger charge is -2.33. The number of fused-ring (bicyclic) bond motifs is 1. The molecule has 5 heterocycles. The Balaban J connectivity index is 1.23. The molecule has 11 heteroatoms. The van der Waals surface area contributed by atoms with Crippen molar-refractivity contribution in [2.75, 3.05) is 28.6 Å². The Morgan fingerprint density at radius 1 is 1.12 bits per heavy atom. The summed E-state index contributed by atoms with van der Waals surface area (Å²) in [6.45, 7) is 3.62. The molecule has 5 rings (SSSR count). The molecule has 0 unspecified atom stereocenters. The molecule has 0 aliphatic carbocycles. The number of aryl methyl sites for hydroxylation is 1. The molecule has 0 aromatic carbocycles. The third-order valence-corrected chi connectivity index (χ3v) is 5.75. The van der Waals surface area contributed by atoms with Gasteiger partial charge in [0.15, 0.2) is 11.5 Å². The van der Waals surface area contributed by atoms with Crippen LogP contribution in [0.4, 0.5) is 23.3 Å². The van der Waals surface area contributed by atoms with Gasteiger partial charge in [-0.15, -0.1) is 0 Å². The van der Waals surface area contributed by atoms with Crippen LogP contribution in [0.3, 0.4) is 0 Å². The van der Waals surface area contributed by atoms with Crippen LogP contribution < -0.4 is 15.5 Å². The standard InChI is InChI=1S/C22H21ClN10/c1-14-13-33-20(28-14)8-17(11-27-33)30-22-26-12-18(23)21(31-22)29-16-4-6-32(7-5-16)19-3-2-15(9-24)10-25-19/h2-3,8,10-13,16H,4-7H2,1H3,(H2,26,29,30,31). The Bertz CT molecular complexity index is 1320. The summed E-state index contributed by atoms with van der Waals surface area (Å²) < 4.78 is 1.72. The second-order valence-corrected chi connectivity index (χ2v) is 8.27. The molecule has 4 aromatic heterocycles. The second-order valence-electron chi connectivity index (χ2n) is 7.87. The van der Waals surface area contributed by atoms with Gasteiger partial charge in [0.25, 0.3) is 0 Å². The number of nitrogens with zero attached hydrogens (tertiary/aromatic N) is 8. The van der Waals surface area contributed by atoms with Gasteiger partial charge in [0, 0.05) is 31.4 Å². The molecule has 166 valence electrons. The van der Waals surface area contributed by atoms with Crippen molar-refractivity contribution in [3.05, 3.63) is 59.3 Å². The van der Waals surface area contributed by atoms with Gasteiger partial charge in [-0.25, -0.2) is 19.5 Å². The van der Waals surface area contributed by atoms with Crippen LogP contribution in [-0.4, -0.2) is 48.7 Å². The summed E-state index contributed by atoms with van der Waals surface area (Å²) in [5, 5.41) is 20.4. The average molecular weight is 461 g/mol. The zero-order chi connectivity index (χ0) is 22.8. The molecule has 1 aliphatic rings. The lowest BCUT2D eigenvalue weighted by atomic mass is 10.0. The number of piperidine rings is 1. The van der Waals surface area contributed by atoms with Crippen LogP contribution in [-0.2, 0) is 0 Å². The molecule has 0 radical (unpaired) electrons. The van der Waals surface area contributed by atoms with Crippen LogP contribution in [0.2, 0.25) is 5.02 Å². The second kappa shape index (κ2) is 8.88. The monoisotopic (exact) mass is 460 g/mol. The third kappa shape index (κ3) is 4.63. The number of halogens is 1. The lowest BCUT2D eigenvalue weighted by molar-refractivity contribution is 0.522. The number of pyridine rings is 1. The van der Waals surface area contributed by atoms with E-state index in [0.717, 1.165) is 48.8 Å². The maximum atomic E-state index is 8.94. The van der Waals surface area contributed by atoms with Crippen molar-refractivity contribution < 1.29 is 0 Å². The summed E-state index contributed by atoms with van der Waals surface area (Å²) in [5.41, 5.74) is 2.95. The molecular formula is C22H21ClN10. The molecule has 10 nitrogen and oxygen atoms in total. The Labute approximate surface area is 195 Å². The van der Waals surface area contributed by atoms with Gasteiger partial charge in [-0.2, -0.15) is 15.3 Å². The average Bonchev–Trinajstić information content (AvgIpc) is 3.21. The topological polar surface area (TPSA) is 120 Å². The largest absolute Gasteiger partial charge is 0.366 e. The molecule has 2 N–H and O–H groups in total.